The van der Waals surface area contributed by atoms with E-state index in [9.17, 15) is 22.0 Å². The molecule has 10 heteroatoms. The van der Waals surface area contributed by atoms with Gasteiger partial charge in [-0.05, 0) is 42.7 Å². The molecule has 0 fully saturated rings. The van der Waals surface area contributed by atoms with Gasteiger partial charge in [0, 0.05) is 12.2 Å². The molecule has 0 saturated carbocycles. The molecule has 0 spiro atoms. The first-order valence-corrected chi connectivity index (χ1v) is 10.8. The highest BCUT2D eigenvalue weighted by atomic mass is 35.5. The van der Waals surface area contributed by atoms with Crippen molar-refractivity contribution in [1.29, 1.82) is 0 Å². The van der Waals surface area contributed by atoms with Crippen LogP contribution in [0.3, 0.4) is 0 Å². The second-order valence-electron chi connectivity index (χ2n) is 6.45. The van der Waals surface area contributed by atoms with Gasteiger partial charge in [0.15, 0.2) is 0 Å². The van der Waals surface area contributed by atoms with Gasteiger partial charge in [0.1, 0.15) is 11.8 Å². The maximum atomic E-state index is 12.9. The number of sulfonamides is 1. The second-order valence-corrected chi connectivity index (χ2v) is 9.06. The number of benzene rings is 2. The Kier molecular flexibility index (Phi) is 6.40. The molecule has 0 unspecified atom stereocenters. The quantitative estimate of drug-likeness (QED) is 0.737. The van der Waals surface area contributed by atoms with Gasteiger partial charge in [0.2, 0.25) is 15.9 Å². The van der Waals surface area contributed by atoms with Crippen LogP contribution in [-0.4, -0.2) is 37.0 Å². The molecule has 1 heterocycles. The summed E-state index contributed by atoms with van der Waals surface area (Å²) >= 11 is 5.92. The lowest BCUT2D eigenvalue weighted by Gasteiger charge is -2.34. The van der Waals surface area contributed by atoms with Crippen LogP contribution in [0.2, 0.25) is 5.02 Å². The van der Waals surface area contributed by atoms with E-state index in [0.717, 1.165) is 11.1 Å². The first kappa shape index (κ1) is 21.5. The zero-order valence-electron chi connectivity index (χ0n) is 15.4. The van der Waals surface area contributed by atoms with Crippen LogP contribution in [0.1, 0.15) is 18.1 Å². The van der Waals surface area contributed by atoms with Crippen molar-refractivity contribution < 1.29 is 26.7 Å². The summed E-state index contributed by atoms with van der Waals surface area (Å²) in [6.45, 7) is -1.40. The lowest BCUT2D eigenvalue weighted by Crippen LogP contribution is -2.51. The lowest BCUT2D eigenvalue weighted by atomic mass is 9.95. The molecule has 3 rings (SSSR count). The molecule has 6 nitrogen and oxygen atoms in total. The summed E-state index contributed by atoms with van der Waals surface area (Å²) in [4.78, 5) is 12.9. The Morgan fingerprint density at radius 1 is 1.28 bits per heavy atom. The van der Waals surface area contributed by atoms with Gasteiger partial charge in [-0.1, -0.05) is 35.9 Å². The van der Waals surface area contributed by atoms with E-state index in [0.29, 0.717) is 0 Å². The Morgan fingerprint density at radius 3 is 2.59 bits per heavy atom. The highest BCUT2D eigenvalue weighted by Gasteiger charge is 2.38. The van der Waals surface area contributed by atoms with Crippen molar-refractivity contribution in [3.8, 4) is 5.75 Å². The number of amides is 1. The number of alkyl halides is 2. The zero-order chi connectivity index (χ0) is 21.2. The molecular weight excluding hydrogens is 426 g/mol. The van der Waals surface area contributed by atoms with Crippen molar-refractivity contribution in [2.75, 3.05) is 11.1 Å². The molecule has 0 aromatic heterocycles. The van der Waals surface area contributed by atoms with E-state index in [1.165, 1.54) is 29.4 Å². The van der Waals surface area contributed by atoms with Crippen LogP contribution in [0.25, 0.3) is 0 Å². The Balaban J connectivity index is 1.85. The van der Waals surface area contributed by atoms with Crippen molar-refractivity contribution in [2.45, 2.75) is 32.5 Å². The summed E-state index contributed by atoms with van der Waals surface area (Å²) in [5.74, 6) is -0.888. The van der Waals surface area contributed by atoms with E-state index in [2.05, 4.69) is 10.1 Å². The number of fused-ring (bicyclic) bond motifs is 1. The molecule has 0 bridgehead atoms. The van der Waals surface area contributed by atoms with Gasteiger partial charge in [0.05, 0.1) is 10.8 Å². The van der Waals surface area contributed by atoms with E-state index >= 15 is 0 Å². The monoisotopic (exact) mass is 444 g/mol. The Morgan fingerprint density at radius 2 is 1.97 bits per heavy atom. The normalized spacial score (nSPS) is 17.1. The first-order chi connectivity index (χ1) is 13.7. The topological polar surface area (TPSA) is 75.7 Å². The third kappa shape index (κ3) is 4.85. The molecule has 1 amide bonds. The molecule has 29 heavy (non-hydrogen) atoms. The maximum absolute atomic E-state index is 12.9. The molecule has 0 saturated heterocycles. The van der Waals surface area contributed by atoms with Gasteiger partial charge in [-0.2, -0.15) is 13.1 Å². The van der Waals surface area contributed by atoms with Crippen LogP contribution < -0.4 is 10.1 Å². The fourth-order valence-electron chi connectivity index (χ4n) is 3.18. The SMILES string of the molecule is CCS(=O)(=O)N1Cc2ccccc2C[C@H]1C(=O)Nc1ccc(OC(F)F)c(Cl)c1. The van der Waals surface area contributed by atoms with Gasteiger partial charge in [0.25, 0.3) is 0 Å². The fourth-order valence-corrected chi connectivity index (χ4v) is 4.63. The van der Waals surface area contributed by atoms with E-state index in [1.807, 2.05) is 24.3 Å². The predicted molar refractivity (Wildman–Crippen MR) is 106 cm³/mol. The number of carbonyl (C=O) groups excluding carboxylic acids is 1. The first-order valence-electron chi connectivity index (χ1n) is 8.82. The molecular formula is C19H19ClF2N2O4S. The van der Waals surface area contributed by atoms with Gasteiger partial charge in [-0.25, -0.2) is 8.42 Å². The molecule has 156 valence electrons. The number of carbonyl (C=O) groups is 1. The van der Waals surface area contributed by atoms with Crippen molar-refractivity contribution in [3.05, 3.63) is 58.6 Å². The number of hydrogen-bond donors (Lipinski definition) is 1. The lowest BCUT2D eigenvalue weighted by molar-refractivity contribution is -0.120. The Labute approximate surface area is 172 Å². The minimum absolute atomic E-state index is 0.102. The van der Waals surface area contributed by atoms with Crippen LogP contribution in [0.5, 0.6) is 5.75 Å². The standard InChI is InChI=1S/C19H19ClF2N2O4S/c1-2-29(26,27)24-11-13-6-4-3-5-12(13)9-16(24)18(25)23-14-7-8-17(15(20)10-14)28-19(21)22/h3-8,10,16,19H,2,9,11H2,1H3,(H,23,25)/t16-/m0/s1. The smallest absolute Gasteiger partial charge is 0.387 e. The average Bonchev–Trinajstić information content (AvgIpc) is 2.68. The maximum Gasteiger partial charge on any atom is 0.387 e. The summed E-state index contributed by atoms with van der Waals surface area (Å²) in [6.07, 6.45) is 0.224. The number of nitrogens with zero attached hydrogens (tertiary/aromatic N) is 1. The van der Waals surface area contributed by atoms with Crippen molar-refractivity contribution in [3.63, 3.8) is 0 Å². The number of hydrogen-bond acceptors (Lipinski definition) is 4. The van der Waals surface area contributed by atoms with Crippen LogP contribution in [0, 0.1) is 0 Å². The van der Waals surface area contributed by atoms with E-state index in [-0.39, 0.29) is 35.2 Å². The molecule has 1 N–H and O–H groups in total. The third-order valence-corrected chi connectivity index (χ3v) is 6.77. The third-order valence-electron chi connectivity index (χ3n) is 4.65. The molecule has 2 aromatic rings. The molecule has 1 aliphatic rings. The summed E-state index contributed by atoms with van der Waals surface area (Å²) in [5, 5.41) is 2.52. The summed E-state index contributed by atoms with van der Waals surface area (Å²) < 4.78 is 55.3. The Bertz CT molecular complexity index is 1020. The predicted octanol–water partition coefficient (Wildman–Crippen LogP) is 3.66. The average molecular weight is 445 g/mol. The summed E-state index contributed by atoms with van der Waals surface area (Å²) in [5.41, 5.74) is 1.99. The van der Waals surface area contributed by atoms with Crippen LogP contribution >= 0.6 is 11.6 Å². The van der Waals surface area contributed by atoms with E-state index in [4.69, 9.17) is 11.6 Å². The highest BCUT2D eigenvalue weighted by Crippen LogP contribution is 2.30. The zero-order valence-corrected chi connectivity index (χ0v) is 17.0. The number of halogens is 3. The van der Waals surface area contributed by atoms with E-state index in [1.54, 1.807) is 0 Å². The Hall–Kier alpha value is -2.23. The van der Waals surface area contributed by atoms with Crippen LogP contribution in [0.4, 0.5) is 14.5 Å². The minimum atomic E-state index is -3.64. The van der Waals surface area contributed by atoms with Crippen molar-refractivity contribution in [2.24, 2.45) is 0 Å². The molecule has 0 aliphatic carbocycles. The van der Waals surface area contributed by atoms with Gasteiger partial charge in [-0.15, -0.1) is 0 Å². The number of nitrogens with one attached hydrogen (secondary N) is 1. The molecule has 2 aromatic carbocycles. The van der Waals surface area contributed by atoms with Crippen molar-refractivity contribution in [1.82, 2.24) is 4.31 Å². The van der Waals surface area contributed by atoms with Crippen LogP contribution in [0.15, 0.2) is 42.5 Å². The fraction of sp³-hybridized carbons (Fsp3) is 0.316. The number of rotatable bonds is 6. The number of ether oxygens (including phenoxy) is 1. The van der Waals surface area contributed by atoms with Crippen LogP contribution in [-0.2, 0) is 27.8 Å². The number of anilines is 1. The van der Waals surface area contributed by atoms with E-state index < -0.39 is 28.6 Å². The molecule has 0 radical (unpaired) electrons. The van der Waals surface area contributed by atoms with Crippen molar-refractivity contribution >= 4 is 33.2 Å². The second kappa shape index (κ2) is 8.64. The summed E-state index contributed by atoms with van der Waals surface area (Å²) in [7, 11) is -3.64. The molecule has 1 aliphatic heterocycles. The highest BCUT2D eigenvalue weighted by molar-refractivity contribution is 7.89. The minimum Gasteiger partial charge on any atom is -0.433 e. The molecule has 1 atom stereocenters. The largest absolute Gasteiger partial charge is 0.433 e. The summed E-state index contributed by atoms with van der Waals surface area (Å²) in [6, 6.07) is 10.2. The van der Waals surface area contributed by atoms with Gasteiger partial charge in [-0.3, -0.25) is 4.79 Å². The van der Waals surface area contributed by atoms with Gasteiger partial charge < -0.3 is 10.1 Å². The van der Waals surface area contributed by atoms with Gasteiger partial charge >= 0.3 is 6.61 Å².